The first-order chi connectivity index (χ1) is 63.3. The topological polar surface area (TPSA) is 370 Å². The first-order valence-corrected chi connectivity index (χ1v) is 46.2. The summed E-state index contributed by atoms with van der Waals surface area (Å²) in [5, 5.41) is 43.0. The molecular weight excluding hydrogens is 1710 g/mol. The smallest absolute Gasteiger partial charge is 0.267 e. The van der Waals surface area contributed by atoms with Gasteiger partial charge in [-0.1, -0.05) is 148 Å². The number of aryl methyl sites for hydroxylation is 1. The maximum atomic E-state index is 11.2. The quantitative estimate of drug-likeness (QED) is 0.00966. The Balaban J connectivity index is 0.000000259. The molecule has 0 saturated carbocycles. The van der Waals surface area contributed by atoms with Gasteiger partial charge in [-0.25, -0.2) is 52.3 Å². The highest BCUT2D eigenvalue weighted by Gasteiger charge is 2.30. The van der Waals surface area contributed by atoms with Gasteiger partial charge in [0.05, 0.1) is 61.8 Å². The summed E-state index contributed by atoms with van der Waals surface area (Å²) < 4.78 is 22.4. The van der Waals surface area contributed by atoms with Crippen LogP contribution >= 0.6 is 0 Å². The molecule has 0 aliphatic carbocycles. The van der Waals surface area contributed by atoms with Crippen LogP contribution in [0, 0.1) is 32.5 Å². The predicted octanol–water partition coefficient (Wildman–Crippen LogP) is 15.5. The Labute approximate surface area is 799 Å². The number of aromatic nitrogens is 10. The number of nitrogens with one attached hydrogen (secondary N) is 5. The van der Waals surface area contributed by atoms with Crippen molar-refractivity contribution in [3.05, 3.63) is 178 Å². The maximum Gasteiger partial charge on any atom is 0.267 e. The van der Waals surface area contributed by atoms with Gasteiger partial charge in [-0.05, 0) is 235 Å². The maximum absolute atomic E-state index is 11.2. The Hall–Kier alpha value is -11.0. The first kappa shape index (κ1) is 113. The molecule has 740 valence electrons. The van der Waals surface area contributed by atoms with E-state index in [1.54, 1.807) is 64.9 Å². The van der Waals surface area contributed by atoms with Crippen molar-refractivity contribution in [2.45, 2.75) is 195 Å². The normalized spacial score (nSPS) is 12.6. The monoisotopic (exact) mass is 1870 g/mol. The molecule has 0 saturated heterocycles. The summed E-state index contributed by atoms with van der Waals surface area (Å²) in [6.07, 6.45) is 19.6. The number of imidazole rings is 5. The molecule has 0 bridgehead atoms. The lowest BCUT2D eigenvalue weighted by Crippen LogP contribution is -2.33. The third-order valence-corrected chi connectivity index (χ3v) is 21.5. The molecule has 32 heteroatoms. The molecule has 10 rings (SSSR count). The Bertz CT molecular complexity index is 5360. The molecule has 0 radical (unpaired) electrons. The SMILES string of the molecule is CC(C)c1nc2cc(/C=C/C(=O)NO)ccc2n1CC(C)(C)CN(C)C.CCCCc1nc2cc(/C=C/C(=O)NO)ccc2n1CC(C)(C)CN(C)C.CCOCc1nc2cc(/C=C/C(=O)NO)ccc2n1CC(C)(C)CN(C)C.CN(C)CC(C)(C)Cn1c(CC(C)(C)C)nc2cc(/C=C/C(=O)NO)ccc21.COCCc1nc2cc(/C=C/C(=O)NO)ccc2n1CC(C)(C)CN(C)C. The number of benzene rings is 5. The number of hydrogen-bond acceptors (Lipinski definition) is 22. The van der Waals surface area contributed by atoms with E-state index in [0.29, 0.717) is 25.7 Å². The van der Waals surface area contributed by atoms with Crippen LogP contribution in [0.2, 0.25) is 0 Å². The van der Waals surface area contributed by atoms with Crippen molar-refractivity contribution in [3.8, 4) is 0 Å². The molecule has 5 aromatic heterocycles. The Morgan fingerprint density at radius 2 is 0.622 bits per heavy atom. The van der Waals surface area contributed by atoms with Crippen molar-refractivity contribution in [1.29, 1.82) is 0 Å². The van der Waals surface area contributed by atoms with Gasteiger partial charge in [0.1, 0.15) is 35.7 Å². The number of hydrogen-bond donors (Lipinski definition) is 10. The molecule has 0 aliphatic heterocycles. The fourth-order valence-corrected chi connectivity index (χ4v) is 17.3. The lowest BCUT2D eigenvalue weighted by molar-refractivity contribution is -0.124. The van der Waals surface area contributed by atoms with Crippen molar-refractivity contribution in [2.24, 2.45) is 32.5 Å². The lowest BCUT2D eigenvalue weighted by atomic mass is 9.90. The summed E-state index contributed by atoms with van der Waals surface area (Å²) in [7, 11) is 22.6. The van der Waals surface area contributed by atoms with Crippen LogP contribution in [0.4, 0.5) is 0 Å². The Morgan fingerprint density at radius 3 is 0.881 bits per heavy atom. The van der Waals surface area contributed by atoms with Crippen molar-refractivity contribution in [1.82, 2.24) is 99.7 Å². The third-order valence-electron chi connectivity index (χ3n) is 21.5. The summed E-state index contributed by atoms with van der Waals surface area (Å²) in [5.41, 5.74) is 22.8. The van der Waals surface area contributed by atoms with Crippen LogP contribution in [0.3, 0.4) is 0 Å². The number of nitrogens with zero attached hydrogens (tertiary/aromatic N) is 15. The van der Waals surface area contributed by atoms with Gasteiger partial charge in [0, 0.05) is 135 Å². The molecule has 5 heterocycles. The summed E-state index contributed by atoms with van der Waals surface area (Å²) >= 11 is 0. The number of hydroxylamine groups is 5. The molecule has 0 spiro atoms. The van der Waals surface area contributed by atoms with Crippen LogP contribution in [-0.4, -0.2) is 251 Å². The highest BCUT2D eigenvalue weighted by Crippen LogP contribution is 2.35. The Morgan fingerprint density at radius 1 is 0.370 bits per heavy atom. The molecule has 5 amide bonds. The molecule has 10 aromatic rings. The molecule has 0 unspecified atom stereocenters. The molecule has 0 fully saturated rings. The molecular formula is C103H156N20O12. The fourth-order valence-electron chi connectivity index (χ4n) is 17.3. The molecule has 0 aliphatic rings. The molecule has 32 nitrogen and oxygen atoms in total. The highest BCUT2D eigenvalue weighted by molar-refractivity contribution is 5.95. The molecule has 0 atom stereocenters. The van der Waals surface area contributed by atoms with Crippen molar-refractivity contribution in [2.75, 3.05) is 124 Å². The number of rotatable bonds is 41. The van der Waals surface area contributed by atoms with Gasteiger partial charge < -0.3 is 56.8 Å². The largest absolute Gasteiger partial charge is 0.384 e. The third kappa shape index (κ3) is 37.2. The van der Waals surface area contributed by atoms with Gasteiger partial charge in [-0.3, -0.25) is 50.0 Å². The fraction of sp³-hybridized carbons (Fsp3) is 0.515. The number of methoxy groups -OCH3 is 1. The van der Waals surface area contributed by atoms with Crippen molar-refractivity contribution < 1.29 is 59.5 Å². The number of ether oxygens (including phenoxy) is 2. The number of fused-ring (bicyclic) bond motifs is 5. The van der Waals surface area contributed by atoms with E-state index in [1.165, 1.54) is 30.4 Å². The van der Waals surface area contributed by atoms with Gasteiger partial charge in [0.15, 0.2) is 0 Å². The zero-order valence-electron chi connectivity index (χ0n) is 85.5. The van der Waals surface area contributed by atoms with Crippen molar-refractivity contribution in [3.63, 3.8) is 0 Å². The number of unbranched alkanes of at least 4 members (excludes halogenated alkanes) is 1. The average Bonchev–Trinajstić information content (AvgIpc) is 1.56. The summed E-state index contributed by atoms with van der Waals surface area (Å²) in [4.78, 5) is 91.3. The van der Waals surface area contributed by atoms with Crippen LogP contribution in [0.15, 0.2) is 121 Å². The highest BCUT2D eigenvalue weighted by atomic mass is 16.5. The number of carbonyl (C=O) groups excluding carboxylic acids is 5. The number of carbonyl (C=O) groups is 5. The van der Waals surface area contributed by atoms with Crippen LogP contribution in [-0.2, 0) is 92.0 Å². The molecule has 10 N–H and O–H groups in total. The summed E-state index contributed by atoms with van der Waals surface area (Å²) in [6, 6.07) is 29.8. The van der Waals surface area contributed by atoms with Crippen LogP contribution < -0.4 is 27.4 Å². The van der Waals surface area contributed by atoms with Crippen LogP contribution in [0.1, 0.15) is 193 Å². The lowest BCUT2D eigenvalue weighted by Gasteiger charge is -2.30. The minimum absolute atomic E-state index is 0.0654. The summed E-state index contributed by atoms with van der Waals surface area (Å²) in [5.74, 6) is 2.70. The van der Waals surface area contributed by atoms with Crippen LogP contribution in [0.25, 0.3) is 85.5 Å². The predicted molar refractivity (Wildman–Crippen MR) is 542 cm³/mol. The van der Waals surface area contributed by atoms with E-state index < -0.39 is 29.5 Å². The second kappa shape index (κ2) is 51.8. The van der Waals surface area contributed by atoms with E-state index in [4.69, 9.17) is 60.4 Å². The van der Waals surface area contributed by atoms with E-state index in [9.17, 15) is 24.0 Å². The zero-order chi connectivity index (χ0) is 101. The van der Waals surface area contributed by atoms with Crippen LogP contribution in [0.5, 0.6) is 0 Å². The van der Waals surface area contributed by atoms with Gasteiger partial charge in [0.25, 0.3) is 29.5 Å². The minimum atomic E-state index is -0.567. The Kier molecular flexibility index (Phi) is 43.3. The molecule has 135 heavy (non-hydrogen) atoms. The average molecular weight is 1870 g/mol. The summed E-state index contributed by atoms with van der Waals surface area (Å²) in [6.45, 7) is 48.8. The van der Waals surface area contributed by atoms with E-state index in [0.717, 1.165) is 210 Å². The van der Waals surface area contributed by atoms with Crippen molar-refractivity contribution >= 4 is 115 Å². The van der Waals surface area contributed by atoms with Gasteiger partial charge in [-0.15, -0.1) is 0 Å². The van der Waals surface area contributed by atoms with E-state index in [1.807, 2.05) is 79.7 Å². The van der Waals surface area contributed by atoms with E-state index >= 15 is 0 Å². The first-order valence-electron chi connectivity index (χ1n) is 46.2. The standard InChI is InChI=1S/C22H34N4O2.C21H32N4O2.2C20H30N4O3.C20H30N4O2/c1-21(2,3)13-19-23-17-12-16(9-11-20(27)24-28)8-10-18(17)26(19)15-22(4,5)14-25(6)7;1-6-7-8-19-22-17-13-16(10-12-20(26)23-27)9-11-18(17)25(19)15-21(2,3)14-24(4)5;1-20(2,13-23(3)4)14-24-17-8-6-15(7-9-19(25)22-26)12-16(17)21-18(24)10-11-27-5;1-6-27-12-18-21-16-11-15(8-10-19(25)22-26)7-9-17(16)24(18)14-20(2,3)13-23(4)5;1-14(2)19-21-16-11-15(8-10-18(25)22-26)7-9-17(16)24(19)13-20(3,4)12-23(5)6/h8-12,28H,13-15H2,1-7H3,(H,24,27);9-13,27H,6-8,14-15H2,1-5H3,(H,23,26);6-9,12,26H,10-11,13-14H2,1-5H3,(H,22,25);7-11,26H,6,12-14H2,1-5H3,(H,22,25);7-11,14,26H,12-13H2,1-6H3,(H,22,25)/b11-9+;12-10+;9-7+;2*10-8+. The van der Waals surface area contributed by atoms with Gasteiger partial charge in [-0.2, -0.15) is 0 Å². The second-order valence-corrected chi connectivity index (χ2v) is 41.7. The second-order valence-electron chi connectivity index (χ2n) is 41.7. The molecule has 5 aromatic carbocycles. The van der Waals surface area contributed by atoms with Gasteiger partial charge >= 0.3 is 0 Å². The minimum Gasteiger partial charge on any atom is -0.384 e. The number of amides is 5. The van der Waals surface area contributed by atoms with E-state index in [-0.39, 0.29) is 32.5 Å². The van der Waals surface area contributed by atoms with E-state index in [2.05, 4.69) is 247 Å². The van der Waals surface area contributed by atoms with Gasteiger partial charge in [0.2, 0.25) is 0 Å². The zero-order valence-corrected chi connectivity index (χ0v) is 85.5.